The summed E-state index contributed by atoms with van der Waals surface area (Å²) >= 11 is 0. The Morgan fingerprint density at radius 2 is 2.36 bits per heavy atom. The van der Waals surface area contributed by atoms with Crippen LogP contribution < -0.4 is 0 Å². The van der Waals surface area contributed by atoms with Gasteiger partial charge in [-0.1, -0.05) is 5.92 Å². The first-order valence-corrected chi connectivity index (χ1v) is 3.83. The van der Waals surface area contributed by atoms with Gasteiger partial charge < -0.3 is 4.74 Å². The van der Waals surface area contributed by atoms with Crippen molar-refractivity contribution in [2.75, 3.05) is 6.61 Å². The van der Waals surface area contributed by atoms with Crippen LogP contribution in [0.3, 0.4) is 0 Å². The van der Waals surface area contributed by atoms with Gasteiger partial charge in [-0.2, -0.15) is 5.26 Å². The van der Waals surface area contributed by atoms with E-state index in [0.717, 1.165) is 19.3 Å². The number of ether oxygens (including phenoxy) is 1. The van der Waals surface area contributed by atoms with Crippen molar-refractivity contribution in [1.82, 2.24) is 0 Å². The molecule has 1 rings (SSSR count). The number of rotatable bonds is 2. The Morgan fingerprint density at radius 1 is 1.55 bits per heavy atom. The third-order valence-corrected chi connectivity index (χ3v) is 2.00. The Labute approximate surface area is 67.2 Å². The minimum absolute atomic E-state index is 0.0725. The molecule has 2 nitrogen and oxygen atoms in total. The van der Waals surface area contributed by atoms with Crippen LogP contribution >= 0.6 is 0 Å². The molecule has 0 radical (unpaired) electrons. The van der Waals surface area contributed by atoms with Gasteiger partial charge in [-0.25, -0.2) is 0 Å². The minimum Gasteiger partial charge on any atom is -0.364 e. The van der Waals surface area contributed by atoms with Crippen LogP contribution in [-0.4, -0.2) is 12.7 Å². The van der Waals surface area contributed by atoms with E-state index >= 15 is 0 Å². The van der Waals surface area contributed by atoms with Gasteiger partial charge in [0.25, 0.3) is 0 Å². The predicted octanol–water partition coefficient (Wildman–Crippen LogP) is 1.33. The summed E-state index contributed by atoms with van der Waals surface area (Å²) in [6.07, 6.45) is 8.17. The number of hydrogen-bond donors (Lipinski definition) is 0. The average molecular weight is 149 g/mol. The normalized spacial score (nSPS) is 29.3. The van der Waals surface area contributed by atoms with Gasteiger partial charge in [0.2, 0.25) is 0 Å². The molecule has 1 aliphatic rings. The van der Waals surface area contributed by atoms with E-state index in [-0.39, 0.29) is 12.0 Å². The van der Waals surface area contributed by atoms with Crippen molar-refractivity contribution in [3.63, 3.8) is 0 Å². The van der Waals surface area contributed by atoms with Crippen LogP contribution in [0.4, 0.5) is 0 Å². The summed E-state index contributed by atoms with van der Waals surface area (Å²) in [7, 11) is 0. The predicted molar refractivity (Wildman–Crippen MR) is 41.5 cm³/mol. The zero-order valence-corrected chi connectivity index (χ0v) is 6.42. The van der Waals surface area contributed by atoms with E-state index in [9.17, 15) is 0 Å². The topological polar surface area (TPSA) is 33.0 Å². The van der Waals surface area contributed by atoms with Crippen LogP contribution in [-0.2, 0) is 4.74 Å². The van der Waals surface area contributed by atoms with Crippen molar-refractivity contribution >= 4 is 0 Å². The van der Waals surface area contributed by atoms with E-state index in [0.29, 0.717) is 6.61 Å². The van der Waals surface area contributed by atoms with Gasteiger partial charge in [0, 0.05) is 0 Å². The Kier molecular flexibility index (Phi) is 2.95. The molecule has 0 spiro atoms. The first-order chi connectivity index (χ1) is 5.38. The second kappa shape index (κ2) is 4.01. The summed E-state index contributed by atoms with van der Waals surface area (Å²) in [6.45, 7) is 0.336. The number of hydrogen-bond acceptors (Lipinski definition) is 2. The molecule has 0 heterocycles. The molecule has 0 bridgehead atoms. The molecule has 0 aromatic rings. The lowest BCUT2D eigenvalue weighted by atomic mass is 10.1. The molecular weight excluding hydrogens is 138 g/mol. The Bertz CT molecular complexity index is 199. The molecule has 1 fully saturated rings. The Hall–Kier alpha value is -0.990. The lowest BCUT2D eigenvalue weighted by Crippen LogP contribution is -2.16. The smallest absolute Gasteiger partial charge is 0.107 e. The third-order valence-electron chi connectivity index (χ3n) is 2.00. The molecule has 0 aromatic carbocycles. The van der Waals surface area contributed by atoms with E-state index in [2.05, 4.69) is 12.0 Å². The third kappa shape index (κ3) is 1.97. The lowest BCUT2D eigenvalue weighted by Gasteiger charge is -2.11. The van der Waals surface area contributed by atoms with Crippen LogP contribution in [0.2, 0.25) is 0 Å². The molecule has 2 unspecified atom stereocenters. The molecule has 0 amide bonds. The number of nitriles is 1. The van der Waals surface area contributed by atoms with Crippen molar-refractivity contribution in [1.29, 1.82) is 5.26 Å². The van der Waals surface area contributed by atoms with Crippen LogP contribution in [0.15, 0.2) is 0 Å². The van der Waals surface area contributed by atoms with E-state index in [1.54, 1.807) is 0 Å². The van der Waals surface area contributed by atoms with Crippen LogP contribution in [0.1, 0.15) is 19.3 Å². The molecule has 0 aliphatic heterocycles. The Morgan fingerprint density at radius 3 is 3.00 bits per heavy atom. The second-order valence-electron chi connectivity index (χ2n) is 2.72. The first-order valence-electron chi connectivity index (χ1n) is 3.83. The average Bonchev–Trinajstić information content (AvgIpc) is 2.47. The summed E-state index contributed by atoms with van der Waals surface area (Å²) < 4.78 is 5.30. The summed E-state index contributed by atoms with van der Waals surface area (Å²) in [6, 6.07) is 2.23. The summed E-state index contributed by atoms with van der Waals surface area (Å²) in [4.78, 5) is 0. The van der Waals surface area contributed by atoms with Crippen LogP contribution in [0.25, 0.3) is 0 Å². The maximum atomic E-state index is 8.65. The fourth-order valence-corrected chi connectivity index (χ4v) is 1.43. The highest BCUT2D eigenvalue weighted by molar-refractivity contribution is 4.94. The monoisotopic (exact) mass is 149 g/mol. The van der Waals surface area contributed by atoms with Gasteiger partial charge in [0.05, 0.1) is 18.1 Å². The SMILES string of the molecule is C#CCOC1CCCC1C#N. The number of terminal acetylenes is 1. The van der Waals surface area contributed by atoms with Gasteiger partial charge in [0.1, 0.15) is 6.61 Å². The highest BCUT2D eigenvalue weighted by Crippen LogP contribution is 2.27. The molecule has 0 N–H and O–H groups in total. The van der Waals surface area contributed by atoms with Crippen molar-refractivity contribution in [2.45, 2.75) is 25.4 Å². The molecule has 1 aliphatic carbocycles. The molecule has 2 heteroatoms. The maximum absolute atomic E-state index is 8.65. The molecular formula is C9H11NO. The van der Waals surface area contributed by atoms with Crippen molar-refractivity contribution in [3.8, 4) is 18.4 Å². The molecule has 11 heavy (non-hydrogen) atoms. The van der Waals surface area contributed by atoms with Crippen molar-refractivity contribution in [2.24, 2.45) is 5.92 Å². The van der Waals surface area contributed by atoms with E-state index in [4.69, 9.17) is 16.4 Å². The molecule has 0 aromatic heterocycles. The quantitative estimate of drug-likeness (QED) is 0.555. The van der Waals surface area contributed by atoms with Crippen molar-refractivity contribution < 1.29 is 4.74 Å². The van der Waals surface area contributed by atoms with Gasteiger partial charge in [-0.15, -0.1) is 6.42 Å². The lowest BCUT2D eigenvalue weighted by molar-refractivity contribution is 0.0648. The zero-order chi connectivity index (χ0) is 8.10. The van der Waals surface area contributed by atoms with Crippen LogP contribution in [0, 0.1) is 29.6 Å². The summed E-state index contributed by atoms with van der Waals surface area (Å²) in [5, 5.41) is 8.65. The first kappa shape index (κ1) is 8.11. The van der Waals surface area contributed by atoms with E-state index in [1.165, 1.54) is 0 Å². The highest BCUT2D eigenvalue weighted by Gasteiger charge is 2.27. The maximum Gasteiger partial charge on any atom is 0.107 e. The fourth-order valence-electron chi connectivity index (χ4n) is 1.43. The fraction of sp³-hybridized carbons (Fsp3) is 0.667. The minimum atomic E-state index is 0.0725. The van der Waals surface area contributed by atoms with Gasteiger partial charge in [-0.3, -0.25) is 0 Å². The number of nitrogens with zero attached hydrogens (tertiary/aromatic N) is 1. The summed E-state index contributed by atoms with van der Waals surface area (Å²) in [5.74, 6) is 2.48. The Balaban J connectivity index is 2.34. The standard InChI is InChI=1S/C9H11NO/c1-2-6-11-9-5-3-4-8(9)7-10/h1,8-9H,3-6H2. The second-order valence-corrected chi connectivity index (χ2v) is 2.72. The highest BCUT2D eigenvalue weighted by atomic mass is 16.5. The molecule has 0 saturated heterocycles. The van der Waals surface area contributed by atoms with Gasteiger partial charge in [-0.05, 0) is 19.3 Å². The largest absolute Gasteiger partial charge is 0.364 e. The van der Waals surface area contributed by atoms with Gasteiger partial charge in [0.15, 0.2) is 0 Å². The van der Waals surface area contributed by atoms with E-state index in [1.807, 2.05) is 0 Å². The molecule has 1 saturated carbocycles. The summed E-state index contributed by atoms with van der Waals surface area (Å²) in [5.41, 5.74) is 0. The molecule has 2 atom stereocenters. The van der Waals surface area contributed by atoms with Gasteiger partial charge >= 0.3 is 0 Å². The molecule has 58 valence electrons. The van der Waals surface area contributed by atoms with E-state index < -0.39 is 0 Å². The van der Waals surface area contributed by atoms with Crippen molar-refractivity contribution in [3.05, 3.63) is 0 Å². The zero-order valence-electron chi connectivity index (χ0n) is 6.42. The van der Waals surface area contributed by atoms with Crippen LogP contribution in [0.5, 0.6) is 0 Å².